The summed E-state index contributed by atoms with van der Waals surface area (Å²) in [6.45, 7) is 1.51. The van der Waals surface area contributed by atoms with Crippen LogP contribution in [0.3, 0.4) is 0 Å². The molecule has 17 heavy (non-hydrogen) atoms. The molecule has 0 heterocycles. The molecular formula is C13H19FN2O. The molecule has 0 aromatic heterocycles. The minimum atomic E-state index is -0.196. The largest absolute Gasteiger partial charge is 0.395 e. The van der Waals surface area contributed by atoms with E-state index < -0.39 is 0 Å². The molecule has 1 aromatic carbocycles. The van der Waals surface area contributed by atoms with Gasteiger partial charge in [0.1, 0.15) is 5.82 Å². The molecule has 0 atom stereocenters. The SMILES string of the molecule is NCc1cccc(CN(CCO)C2CC2)c1F. The molecule has 1 aliphatic carbocycles. The third-order valence-corrected chi connectivity index (χ3v) is 3.20. The molecule has 1 saturated carbocycles. The summed E-state index contributed by atoms with van der Waals surface area (Å²) in [4.78, 5) is 2.14. The molecule has 3 nitrogen and oxygen atoms in total. The molecule has 0 aliphatic heterocycles. The Labute approximate surface area is 101 Å². The number of nitrogens with two attached hydrogens (primary N) is 1. The maximum absolute atomic E-state index is 14.0. The van der Waals surface area contributed by atoms with Crippen molar-refractivity contribution in [1.29, 1.82) is 0 Å². The van der Waals surface area contributed by atoms with E-state index in [4.69, 9.17) is 10.8 Å². The maximum atomic E-state index is 14.0. The first-order valence-electron chi connectivity index (χ1n) is 6.07. The van der Waals surface area contributed by atoms with Crippen molar-refractivity contribution in [3.8, 4) is 0 Å². The van der Waals surface area contributed by atoms with Crippen LogP contribution in [0.1, 0.15) is 24.0 Å². The van der Waals surface area contributed by atoms with E-state index in [1.54, 1.807) is 12.1 Å². The van der Waals surface area contributed by atoms with Crippen LogP contribution in [0.25, 0.3) is 0 Å². The predicted octanol–water partition coefficient (Wildman–Crippen LogP) is 1.24. The highest BCUT2D eigenvalue weighted by Crippen LogP contribution is 2.28. The summed E-state index contributed by atoms with van der Waals surface area (Å²) < 4.78 is 14.0. The van der Waals surface area contributed by atoms with Crippen LogP contribution in [-0.2, 0) is 13.1 Å². The molecule has 0 amide bonds. The Hall–Kier alpha value is -0.970. The zero-order valence-electron chi connectivity index (χ0n) is 9.90. The van der Waals surface area contributed by atoms with Crippen molar-refractivity contribution in [2.75, 3.05) is 13.2 Å². The fourth-order valence-corrected chi connectivity index (χ4v) is 2.09. The Bertz CT molecular complexity index is 380. The van der Waals surface area contributed by atoms with E-state index >= 15 is 0 Å². The van der Waals surface area contributed by atoms with Crippen molar-refractivity contribution >= 4 is 0 Å². The summed E-state index contributed by atoms with van der Waals surface area (Å²) in [5.41, 5.74) is 6.72. The van der Waals surface area contributed by atoms with Gasteiger partial charge in [0.05, 0.1) is 6.61 Å². The van der Waals surface area contributed by atoms with Crippen LogP contribution in [-0.4, -0.2) is 29.2 Å². The normalized spacial score (nSPS) is 15.5. The van der Waals surface area contributed by atoms with E-state index in [0.717, 1.165) is 12.8 Å². The summed E-state index contributed by atoms with van der Waals surface area (Å²) in [7, 11) is 0. The first-order valence-corrected chi connectivity index (χ1v) is 6.07. The summed E-state index contributed by atoms with van der Waals surface area (Å²) in [6, 6.07) is 5.86. The Morgan fingerprint density at radius 2 is 2.06 bits per heavy atom. The third kappa shape index (κ3) is 3.03. The van der Waals surface area contributed by atoms with Gasteiger partial charge in [-0.1, -0.05) is 18.2 Å². The van der Waals surface area contributed by atoms with Gasteiger partial charge in [-0.15, -0.1) is 0 Å². The van der Waals surface area contributed by atoms with Gasteiger partial charge in [0.2, 0.25) is 0 Å². The molecule has 0 saturated heterocycles. The molecule has 1 fully saturated rings. The van der Waals surface area contributed by atoms with E-state index in [9.17, 15) is 4.39 Å². The molecule has 1 aromatic rings. The number of rotatable bonds is 6. The van der Waals surface area contributed by atoms with Crippen LogP contribution >= 0.6 is 0 Å². The number of hydrogen-bond donors (Lipinski definition) is 2. The molecule has 0 bridgehead atoms. The van der Waals surface area contributed by atoms with Crippen molar-refractivity contribution in [1.82, 2.24) is 4.90 Å². The number of aliphatic hydroxyl groups excluding tert-OH is 1. The van der Waals surface area contributed by atoms with E-state index in [2.05, 4.69) is 4.90 Å². The lowest BCUT2D eigenvalue weighted by atomic mass is 10.1. The molecule has 94 valence electrons. The zero-order valence-corrected chi connectivity index (χ0v) is 9.90. The lowest BCUT2D eigenvalue weighted by Gasteiger charge is -2.21. The van der Waals surface area contributed by atoms with E-state index in [1.165, 1.54) is 0 Å². The highest BCUT2D eigenvalue weighted by Gasteiger charge is 2.29. The number of aliphatic hydroxyl groups is 1. The van der Waals surface area contributed by atoms with Gasteiger partial charge in [-0.05, 0) is 12.8 Å². The molecule has 3 N–H and O–H groups in total. The van der Waals surface area contributed by atoms with Crippen molar-refractivity contribution in [3.63, 3.8) is 0 Å². The lowest BCUT2D eigenvalue weighted by Crippen LogP contribution is -2.29. The Morgan fingerprint density at radius 1 is 1.35 bits per heavy atom. The molecule has 0 radical (unpaired) electrons. The molecular weight excluding hydrogens is 219 g/mol. The smallest absolute Gasteiger partial charge is 0.132 e. The highest BCUT2D eigenvalue weighted by molar-refractivity contribution is 5.26. The molecule has 4 heteroatoms. The van der Waals surface area contributed by atoms with Crippen LogP contribution < -0.4 is 5.73 Å². The van der Waals surface area contributed by atoms with Gasteiger partial charge >= 0.3 is 0 Å². The minimum Gasteiger partial charge on any atom is -0.395 e. The second-order valence-corrected chi connectivity index (χ2v) is 4.52. The third-order valence-electron chi connectivity index (χ3n) is 3.20. The molecule has 0 spiro atoms. The topological polar surface area (TPSA) is 49.5 Å². The fraction of sp³-hybridized carbons (Fsp3) is 0.538. The van der Waals surface area contributed by atoms with Gasteiger partial charge in [-0.2, -0.15) is 0 Å². The number of benzene rings is 1. The van der Waals surface area contributed by atoms with Gasteiger partial charge in [-0.25, -0.2) is 4.39 Å². The Kier molecular flexibility index (Phi) is 4.10. The van der Waals surface area contributed by atoms with Crippen molar-refractivity contribution in [3.05, 3.63) is 35.1 Å². The van der Waals surface area contributed by atoms with E-state index in [1.807, 2.05) is 6.07 Å². The molecule has 2 rings (SSSR count). The zero-order chi connectivity index (χ0) is 12.3. The van der Waals surface area contributed by atoms with Crippen LogP contribution in [0.5, 0.6) is 0 Å². The Morgan fingerprint density at radius 3 is 2.65 bits per heavy atom. The van der Waals surface area contributed by atoms with Gasteiger partial charge < -0.3 is 10.8 Å². The van der Waals surface area contributed by atoms with Crippen molar-refractivity contribution in [2.45, 2.75) is 32.0 Å². The van der Waals surface area contributed by atoms with Gasteiger partial charge in [0.15, 0.2) is 0 Å². The second-order valence-electron chi connectivity index (χ2n) is 4.52. The van der Waals surface area contributed by atoms with E-state index in [0.29, 0.717) is 30.3 Å². The fourth-order valence-electron chi connectivity index (χ4n) is 2.09. The van der Waals surface area contributed by atoms with Gasteiger partial charge in [0, 0.05) is 36.8 Å². The van der Waals surface area contributed by atoms with Crippen LogP contribution in [0.4, 0.5) is 4.39 Å². The standard InChI is InChI=1S/C13H19FN2O/c14-13-10(8-15)2-1-3-11(13)9-16(6-7-17)12-4-5-12/h1-3,12,17H,4-9,15H2. The van der Waals surface area contributed by atoms with Crippen LogP contribution in [0, 0.1) is 5.82 Å². The molecule has 0 unspecified atom stereocenters. The summed E-state index contributed by atoms with van der Waals surface area (Å²) in [5, 5.41) is 9.01. The second kappa shape index (κ2) is 5.58. The minimum absolute atomic E-state index is 0.120. The first kappa shape index (κ1) is 12.5. The maximum Gasteiger partial charge on any atom is 0.132 e. The quantitative estimate of drug-likeness (QED) is 0.784. The number of nitrogens with zero attached hydrogens (tertiary/aromatic N) is 1. The van der Waals surface area contributed by atoms with Gasteiger partial charge in [-0.3, -0.25) is 4.90 Å². The summed E-state index contributed by atoms with van der Waals surface area (Å²) in [6.07, 6.45) is 2.30. The Balaban J connectivity index is 2.10. The average Bonchev–Trinajstić information content (AvgIpc) is 3.15. The summed E-state index contributed by atoms with van der Waals surface area (Å²) >= 11 is 0. The lowest BCUT2D eigenvalue weighted by molar-refractivity contribution is 0.182. The van der Waals surface area contributed by atoms with E-state index in [-0.39, 0.29) is 19.0 Å². The molecule has 1 aliphatic rings. The van der Waals surface area contributed by atoms with Crippen molar-refractivity contribution < 1.29 is 9.50 Å². The van der Waals surface area contributed by atoms with Crippen LogP contribution in [0.2, 0.25) is 0 Å². The monoisotopic (exact) mass is 238 g/mol. The van der Waals surface area contributed by atoms with Crippen LogP contribution in [0.15, 0.2) is 18.2 Å². The average molecular weight is 238 g/mol. The van der Waals surface area contributed by atoms with Crippen molar-refractivity contribution in [2.24, 2.45) is 5.73 Å². The number of halogens is 1. The highest BCUT2D eigenvalue weighted by atomic mass is 19.1. The first-order chi connectivity index (χ1) is 8.26. The number of hydrogen-bond acceptors (Lipinski definition) is 3. The summed E-state index contributed by atoms with van der Waals surface area (Å²) in [5.74, 6) is -0.196. The van der Waals surface area contributed by atoms with Gasteiger partial charge in [0.25, 0.3) is 0 Å². The predicted molar refractivity (Wildman–Crippen MR) is 64.8 cm³/mol.